The molecule has 0 bridgehead atoms. The summed E-state index contributed by atoms with van der Waals surface area (Å²) in [6.07, 6.45) is 2.67. The molecule has 0 aliphatic heterocycles. The first-order chi connectivity index (χ1) is 11.5. The lowest BCUT2D eigenvalue weighted by molar-refractivity contribution is -0.116. The molecule has 0 fully saturated rings. The van der Waals surface area contributed by atoms with Crippen LogP contribution in [0.3, 0.4) is 0 Å². The van der Waals surface area contributed by atoms with Crippen molar-refractivity contribution in [3.63, 3.8) is 0 Å². The van der Waals surface area contributed by atoms with E-state index in [1.54, 1.807) is 19.4 Å². The summed E-state index contributed by atoms with van der Waals surface area (Å²) in [5.41, 5.74) is 2.80. The molecule has 1 amide bonds. The van der Waals surface area contributed by atoms with Gasteiger partial charge in [0.1, 0.15) is 6.04 Å². The maximum atomic E-state index is 12.5. The van der Waals surface area contributed by atoms with Crippen molar-refractivity contribution in [1.82, 2.24) is 4.98 Å². The summed E-state index contributed by atoms with van der Waals surface area (Å²) in [6.45, 7) is 6.13. The van der Waals surface area contributed by atoms with E-state index in [2.05, 4.69) is 35.5 Å². The number of nitrogens with zero attached hydrogens (tertiary/aromatic N) is 1. The first-order valence-electron chi connectivity index (χ1n) is 8.21. The molecule has 2 atom stereocenters. The van der Waals surface area contributed by atoms with Crippen molar-refractivity contribution in [1.29, 1.82) is 0 Å². The smallest absolute Gasteiger partial charge is 0.246 e. The van der Waals surface area contributed by atoms with Gasteiger partial charge in [-0.05, 0) is 37.0 Å². The van der Waals surface area contributed by atoms with Crippen molar-refractivity contribution in [2.45, 2.75) is 39.2 Å². The lowest BCUT2D eigenvalue weighted by Crippen LogP contribution is -2.32. The highest BCUT2D eigenvalue weighted by molar-refractivity contribution is 5.96. The first-order valence-corrected chi connectivity index (χ1v) is 8.21. The zero-order chi connectivity index (χ0) is 17.5. The Balaban J connectivity index is 2.03. The van der Waals surface area contributed by atoms with E-state index in [0.29, 0.717) is 11.8 Å². The van der Waals surface area contributed by atoms with Gasteiger partial charge in [-0.2, -0.15) is 0 Å². The van der Waals surface area contributed by atoms with E-state index in [9.17, 15) is 4.79 Å². The highest BCUT2D eigenvalue weighted by Crippen LogP contribution is 2.26. The van der Waals surface area contributed by atoms with Crippen LogP contribution in [-0.2, 0) is 4.79 Å². The fraction of sp³-hybridized carbons (Fsp3) is 0.368. The third kappa shape index (κ3) is 4.47. The Morgan fingerprint density at radius 3 is 2.58 bits per heavy atom. The number of hydrogen-bond donors (Lipinski definition) is 2. The van der Waals surface area contributed by atoms with Gasteiger partial charge >= 0.3 is 0 Å². The lowest BCUT2D eigenvalue weighted by atomic mass is 9.97. The maximum Gasteiger partial charge on any atom is 0.246 e. The van der Waals surface area contributed by atoms with Gasteiger partial charge in [0.15, 0.2) is 0 Å². The summed E-state index contributed by atoms with van der Waals surface area (Å²) < 4.78 is 5.03. The van der Waals surface area contributed by atoms with Crippen LogP contribution in [0.1, 0.15) is 38.7 Å². The van der Waals surface area contributed by atoms with Crippen LogP contribution in [-0.4, -0.2) is 24.0 Å². The zero-order valence-electron chi connectivity index (χ0n) is 14.7. The van der Waals surface area contributed by atoms with Crippen LogP contribution < -0.4 is 15.4 Å². The highest BCUT2D eigenvalue weighted by atomic mass is 16.5. The number of aromatic nitrogens is 1. The summed E-state index contributed by atoms with van der Waals surface area (Å²) in [4.78, 5) is 16.6. The van der Waals surface area contributed by atoms with Crippen LogP contribution >= 0.6 is 0 Å². The molecule has 0 radical (unpaired) electrons. The molecule has 1 aromatic carbocycles. The number of pyridine rings is 1. The first kappa shape index (κ1) is 17.8. The van der Waals surface area contributed by atoms with Crippen molar-refractivity contribution in [3.8, 4) is 5.88 Å². The SMILES string of the molecule is CCC(C)c1ccccc1NC(=O)C(C)Nc1ccc(OC)nc1. The molecule has 0 saturated heterocycles. The number of amides is 1. The van der Waals surface area contributed by atoms with Gasteiger partial charge in [0.05, 0.1) is 19.0 Å². The largest absolute Gasteiger partial charge is 0.481 e. The fourth-order valence-electron chi connectivity index (χ4n) is 2.40. The molecule has 5 heteroatoms. The van der Waals surface area contributed by atoms with Gasteiger partial charge in [-0.15, -0.1) is 0 Å². The number of carbonyl (C=O) groups excluding carboxylic acids is 1. The van der Waals surface area contributed by atoms with Crippen LogP contribution in [0.2, 0.25) is 0 Å². The van der Waals surface area contributed by atoms with Crippen molar-refractivity contribution in [3.05, 3.63) is 48.2 Å². The summed E-state index contributed by atoms with van der Waals surface area (Å²) in [6, 6.07) is 11.2. The number of benzene rings is 1. The fourth-order valence-corrected chi connectivity index (χ4v) is 2.40. The number of para-hydroxylation sites is 1. The van der Waals surface area contributed by atoms with Crippen molar-refractivity contribution in [2.24, 2.45) is 0 Å². The molecule has 128 valence electrons. The van der Waals surface area contributed by atoms with Crippen LogP contribution in [0.15, 0.2) is 42.6 Å². The normalized spacial score (nSPS) is 13.0. The average molecular weight is 327 g/mol. The van der Waals surface area contributed by atoms with Gasteiger partial charge in [-0.25, -0.2) is 4.98 Å². The third-order valence-corrected chi connectivity index (χ3v) is 4.08. The lowest BCUT2D eigenvalue weighted by Gasteiger charge is -2.19. The van der Waals surface area contributed by atoms with Crippen LogP contribution in [0, 0.1) is 0 Å². The topological polar surface area (TPSA) is 63.2 Å². The summed E-state index contributed by atoms with van der Waals surface area (Å²) >= 11 is 0. The molecule has 2 N–H and O–H groups in total. The zero-order valence-corrected chi connectivity index (χ0v) is 14.7. The number of ether oxygens (including phenoxy) is 1. The molecular formula is C19H25N3O2. The van der Waals surface area contributed by atoms with Gasteiger partial charge in [0, 0.05) is 11.8 Å². The minimum atomic E-state index is -0.384. The molecule has 1 heterocycles. The number of rotatable bonds is 7. The van der Waals surface area contributed by atoms with Gasteiger partial charge in [-0.1, -0.05) is 32.0 Å². The minimum absolute atomic E-state index is 0.0819. The van der Waals surface area contributed by atoms with E-state index in [1.807, 2.05) is 31.2 Å². The number of hydrogen-bond acceptors (Lipinski definition) is 4. The van der Waals surface area contributed by atoms with E-state index >= 15 is 0 Å². The minimum Gasteiger partial charge on any atom is -0.481 e. The van der Waals surface area contributed by atoms with Gasteiger partial charge in [0.2, 0.25) is 11.8 Å². The third-order valence-electron chi connectivity index (χ3n) is 4.08. The second kappa shape index (κ2) is 8.34. The Labute approximate surface area is 143 Å². The Morgan fingerprint density at radius 2 is 1.96 bits per heavy atom. The Morgan fingerprint density at radius 1 is 1.21 bits per heavy atom. The monoisotopic (exact) mass is 327 g/mol. The maximum absolute atomic E-state index is 12.5. The molecule has 2 unspecified atom stereocenters. The molecule has 5 nitrogen and oxygen atoms in total. The predicted octanol–water partition coefficient (Wildman–Crippen LogP) is 4.04. The molecule has 24 heavy (non-hydrogen) atoms. The number of carbonyl (C=O) groups is 1. The van der Waals surface area contributed by atoms with Crippen LogP contribution in [0.25, 0.3) is 0 Å². The second-order valence-corrected chi connectivity index (χ2v) is 5.84. The second-order valence-electron chi connectivity index (χ2n) is 5.84. The van der Waals surface area contributed by atoms with Crippen molar-refractivity contribution in [2.75, 3.05) is 17.7 Å². The van der Waals surface area contributed by atoms with E-state index in [-0.39, 0.29) is 11.9 Å². The van der Waals surface area contributed by atoms with E-state index in [1.165, 1.54) is 0 Å². The molecule has 0 spiro atoms. The number of methoxy groups -OCH3 is 1. The summed E-state index contributed by atoms with van der Waals surface area (Å²) in [5.74, 6) is 0.859. The van der Waals surface area contributed by atoms with Gasteiger partial charge < -0.3 is 15.4 Å². The Bertz CT molecular complexity index is 671. The molecule has 1 aromatic heterocycles. The van der Waals surface area contributed by atoms with Gasteiger partial charge in [-0.3, -0.25) is 4.79 Å². The van der Waals surface area contributed by atoms with Crippen molar-refractivity contribution < 1.29 is 9.53 Å². The van der Waals surface area contributed by atoms with Crippen LogP contribution in [0.5, 0.6) is 5.88 Å². The molecule has 0 aliphatic carbocycles. The molecule has 2 rings (SSSR count). The molecule has 0 aliphatic rings. The highest BCUT2D eigenvalue weighted by Gasteiger charge is 2.16. The Hall–Kier alpha value is -2.56. The predicted molar refractivity (Wildman–Crippen MR) is 97.7 cm³/mol. The molecule has 0 saturated carbocycles. The Kier molecular flexibility index (Phi) is 6.18. The molecule has 2 aromatic rings. The van der Waals surface area contributed by atoms with E-state index in [4.69, 9.17) is 4.74 Å². The van der Waals surface area contributed by atoms with Crippen molar-refractivity contribution >= 4 is 17.3 Å². The quantitative estimate of drug-likeness (QED) is 0.805. The summed E-state index contributed by atoms with van der Waals surface area (Å²) in [5, 5.41) is 6.17. The average Bonchev–Trinajstić information content (AvgIpc) is 2.62. The molecular weight excluding hydrogens is 302 g/mol. The summed E-state index contributed by atoms with van der Waals surface area (Å²) in [7, 11) is 1.57. The number of anilines is 2. The number of nitrogens with one attached hydrogen (secondary N) is 2. The van der Waals surface area contributed by atoms with Gasteiger partial charge in [0.25, 0.3) is 0 Å². The standard InChI is InChI=1S/C19H25N3O2/c1-5-13(2)16-8-6-7-9-17(16)22-19(23)14(3)21-15-10-11-18(24-4)20-12-15/h6-14,21H,5H2,1-4H3,(H,22,23). The van der Waals surface area contributed by atoms with E-state index in [0.717, 1.165) is 23.4 Å². The van der Waals surface area contributed by atoms with E-state index < -0.39 is 0 Å². The van der Waals surface area contributed by atoms with Crippen LogP contribution in [0.4, 0.5) is 11.4 Å².